The van der Waals surface area contributed by atoms with Crippen LogP contribution in [0, 0.1) is 0 Å². The van der Waals surface area contributed by atoms with Gasteiger partial charge in [0.25, 0.3) is 5.91 Å². The highest BCUT2D eigenvalue weighted by Crippen LogP contribution is 2.43. The molecule has 1 amide bonds. The van der Waals surface area contributed by atoms with E-state index in [0.717, 1.165) is 39.9 Å². The fourth-order valence-corrected chi connectivity index (χ4v) is 4.47. The zero-order valence-electron chi connectivity index (χ0n) is 13.2. The summed E-state index contributed by atoms with van der Waals surface area (Å²) in [6, 6.07) is 14.3. The molecular formula is C19H16BrN3O. The van der Waals surface area contributed by atoms with Crippen LogP contribution in [0.25, 0.3) is 10.9 Å². The Morgan fingerprint density at radius 1 is 1.21 bits per heavy atom. The molecule has 0 spiro atoms. The first-order chi connectivity index (χ1) is 11.6. The van der Waals surface area contributed by atoms with Crippen LogP contribution in [-0.4, -0.2) is 29.4 Å². The molecule has 0 fully saturated rings. The van der Waals surface area contributed by atoms with Crippen LogP contribution in [0.2, 0.25) is 0 Å². The van der Waals surface area contributed by atoms with Crippen LogP contribution in [-0.2, 0) is 6.42 Å². The number of para-hydroxylation sites is 1. The van der Waals surface area contributed by atoms with Crippen LogP contribution >= 0.6 is 15.9 Å². The van der Waals surface area contributed by atoms with Crippen molar-refractivity contribution in [2.45, 2.75) is 12.6 Å². The maximum absolute atomic E-state index is 13.0. The Morgan fingerprint density at radius 2 is 2.04 bits per heavy atom. The molecular weight excluding hydrogens is 366 g/mol. The predicted octanol–water partition coefficient (Wildman–Crippen LogP) is 4.08. The fourth-order valence-electron chi connectivity index (χ4n) is 4.11. The van der Waals surface area contributed by atoms with Gasteiger partial charge >= 0.3 is 0 Å². The minimum atomic E-state index is -0.0673. The monoisotopic (exact) mass is 381 g/mol. The van der Waals surface area contributed by atoms with Crippen molar-refractivity contribution >= 4 is 38.4 Å². The second-order valence-electron chi connectivity index (χ2n) is 6.46. The summed E-state index contributed by atoms with van der Waals surface area (Å²) in [6.45, 7) is 0.745. The number of anilines is 1. The number of amides is 1. The third kappa shape index (κ3) is 1.76. The molecule has 2 aliphatic rings. The van der Waals surface area contributed by atoms with Gasteiger partial charge in [0.15, 0.2) is 0 Å². The Balaban J connectivity index is 1.73. The number of carbonyl (C=O) groups excluding carboxylic acids is 1. The number of nitrogens with one attached hydrogen (secondary N) is 1. The number of halogens is 1. The molecule has 3 heterocycles. The van der Waals surface area contributed by atoms with E-state index in [1.807, 2.05) is 29.2 Å². The Kier molecular flexibility index (Phi) is 2.86. The van der Waals surface area contributed by atoms with Gasteiger partial charge < -0.3 is 14.8 Å². The first kappa shape index (κ1) is 14.1. The van der Waals surface area contributed by atoms with Crippen molar-refractivity contribution in [3.63, 3.8) is 0 Å². The highest BCUT2D eigenvalue weighted by molar-refractivity contribution is 9.10. The first-order valence-electron chi connectivity index (χ1n) is 8.08. The average molecular weight is 382 g/mol. The lowest BCUT2D eigenvalue weighted by Crippen LogP contribution is -2.51. The quantitative estimate of drug-likeness (QED) is 0.637. The van der Waals surface area contributed by atoms with Crippen LogP contribution in [0.15, 0.2) is 46.9 Å². The minimum absolute atomic E-state index is 0.0673. The maximum atomic E-state index is 13.0. The normalized spacial score (nSPS) is 19.2. The topological polar surface area (TPSA) is 39.3 Å². The van der Waals surface area contributed by atoms with Gasteiger partial charge in [-0.1, -0.05) is 34.1 Å². The first-order valence-corrected chi connectivity index (χ1v) is 8.87. The molecule has 1 N–H and O–H groups in total. The van der Waals surface area contributed by atoms with Crippen LogP contribution < -0.4 is 4.90 Å². The third-order valence-corrected chi connectivity index (χ3v) is 5.69. The van der Waals surface area contributed by atoms with Crippen molar-refractivity contribution in [2.75, 3.05) is 18.5 Å². The number of aromatic nitrogens is 1. The number of carbonyl (C=O) groups is 1. The molecule has 0 aliphatic carbocycles. The molecule has 3 aromatic rings. The van der Waals surface area contributed by atoms with Crippen LogP contribution in [0.5, 0.6) is 0 Å². The largest absolute Gasteiger partial charge is 0.355 e. The van der Waals surface area contributed by atoms with E-state index >= 15 is 0 Å². The highest BCUT2D eigenvalue weighted by atomic mass is 79.9. The fraction of sp³-hybridized carbons (Fsp3) is 0.211. The molecule has 1 atom stereocenters. The van der Waals surface area contributed by atoms with Gasteiger partial charge in [-0.25, -0.2) is 0 Å². The van der Waals surface area contributed by atoms with E-state index in [-0.39, 0.29) is 12.1 Å². The number of hydrogen-bond acceptors (Lipinski definition) is 2. The van der Waals surface area contributed by atoms with Gasteiger partial charge in [0.2, 0.25) is 0 Å². The Morgan fingerprint density at radius 3 is 2.92 bits per heavy atom. The Bertz CT molecular complexity index is 993. The summed E-state index contributed by atoms with van der Waals surface area (Å²) in [7, 11) is 2.07. The van der Waals surface area contributed by atoms with E-state index in [0.29, 0.717) is 0 Å². The summed E-state index contributed by atoms with van der Waals surface area (Å²) < 4.78 is 0.935. The maximum Gasteiger partial charge on any atom is 0.257 e. The molecule has 0 radical (unpaired) electrons. The van der Waals surface area contributed by atoms with Crippen molar-refractivity contribution in [3.05, 3.63) is 63.8 Å². The summed E-state index contributed by atoms with van der Waals surface area (Å²) in [4.78, 5) is 20.8. The lowest BCUT2D eigenvalue weighted by Gasteiger charge is -2.46. The van der Waals surface area contributed by atoms with E-state index in [1.54, 1.807) is 0 Å². The molecule has 120 valence electrons. The molecule has 24 heavy (non-hydrogen) atoms. The van der Waals surface area contributed by atoms with Crippen molar-refractivity contribution in [1.82, 2.24) is 9.88 Å². The lowest BCUT2D eigenvalue weighted by molar-refractivity contribution is 0.0634. The molecule has 1 aromatic heterocycles. The average Bonchev–Trinajstić information content (AvgIpc) is 2.97. The molecule has 5 rings (SSSR count). The summed E-state index contributed by atoms with van der Waals surface area (Å²) in [5, 5.41) is 1.27. The lowest BCUT2D eigenvalue weighted by atomic mass is 9.96. The van der Waals surface area contributed by atoms with Crippen LogP contribution in [0.3, 0.4) is 0 Å². The molecule has 4 nitrogen and oxygen atoms in total. The molecule has 0 saturated carbocycles. The van der Waals surface area contributed by atoms with Gasteiger partial charge in [-0.3, -0.25) is 4.79 Å². The second-order valence-corrected chi connectivity index (χ2v) is 7.37. The van der Waals surface area contributed by atoms with Crippen LogP contribution in [0.1, 0.15) is 27.8 Å². The molecule has 2 aliphatic heterocycles. The summed E-state index contributed by atoms with van der Waals surface area (Å²) in [5.41, 5.74) is 5.38. The van der Waals surface area contributed by atoms with E-state index < -0.39 is 0 Å². The number of benzene rings is 2. The zero-order chi connectivity index (χ0) is 16.4. The molecule has 2 aromatic carbocycles. The van der Waals surface area contributed by atoms with Gasteiger partial charge in [-0.2, -0.15) is 0 Å². The van der Waals surface area contributed by atoms with Gasteiger partial charge in [0.05, 0.1) is 16.9 Å². The minimum Gasteiger partial charge on any atom is -0.355 e. The summed E-state index contributed by atoms with van der Waals surface area (Å²) in [5.74, 6) is 0.110. The van der Waals surface area contributed by atoms with Crippen molar-refractivity contribution < 1.29 is 4.79 Å². The van der Waals surface area contributed by atoms with E-state index in [2.05, 4.69) is 51.1 Å². The van der Waals surface area contributed by atoms with Gasteiger partial charge in [-0.15, -0.1) is 0 Å². The smallest absolute Gasteiger partial charge is 0.257 e. The highest BCUT2D eigenvalue weighted by Gasteiger charge is 2.41. The van der Waals surface area contributed by atoms with Gasteiger partial charge in [0.1, 0.15) is 6.17 Å². The number of rotatable bonds is 0. The van der Waals surface area contributed by atoms with Gasteiger partial charge in [-0.05, 0) is 36.2 Å². The number of H-pyrrole nitrogens is 1. The molecule has 0 bridgehead atoms. The number of hydrogen-bond donors (Lipinski definition) is 1. The molecule has 5 heteroatoms. The molecule has 0 saturated heterocycles. The number of nitrogens with zero attached hydrogens (tertiary/aromatic N) is 2. The van der Waals surface area contributed by atoms with Crippen molar-refractivity contribution in [2.24, 2.45) is 0 Å². The SMILES string of the molecule is CN1c2ccc(Br)cc2C(=O)N2CCc3c([nH]c4ccccc34)C21. The van der Waals surface area contributed by atoms with Crippen molar-refractivity contribution in [3.8, 4) is 0 Å². The second kappa shape index (κ2) is 4.86. The van der Waals surface area contributed by atoms with E-state index in [1.165, 1.54) is 10.9 Å². The van der Waals surface area contributed by atoms with Gasteiger partial charge in [0, 0.05) is 29.0 Å². The third-order valence-electron chi connectivity index (χ3n) is 5.20. The summed E-state index contributed by atoms with van der Waals surface area (Å²) in [6.07, 6.45) is 0.820. The molecule has 1 unspecified atom stereocenters. The van der Waals surface area contributed by atoms with E-state index in [9.17, 15) is 4.79 Å². The number of fused-ring (bicyclic) bond motifs is 6. The van der Waals surface area contributed by atoms with Crippen LogP contribution in [0.4, 0.5) is 5.69 Å². The predicted molar refractivity (Wildman–Crippen MR) is 98.3 cm³/mol. The number of aromatic amines is 1. The Hall–Kier alpha value is -2.27. The summed E-state index contributed by atoms with van der Waals surface area (Å²) >= 11 is 3.48. The standard InChI is InChI=1S/C19H16BrN3O/c1-22-16-7-6-11(20)10-14(16)19(24)23-9-8-13-12-4-2-3-5-15(12)21-17(13)18(22)23/h2-7,10,18,21H,8-9H2,1H3. The zero-order valence-corrected chi connectivity index (χ0v) is 14.8. The Labute approximate surface area is 148 Å². The van der Waals surface area contributed by atoms with Crippen molar-refractivity contribution in [1.29, 1.82) is 0 Å². The van der Waals surface area contributed by atoms with E-state index in [4.69, 9.17) is 0 Å².